The van der Waals surface area contributed by atoms with E-state index in [9.17, 15) is 0 Å². The summed E-state index contributed by atoms with van der Waals surface area (Å²) in [6.45, 7) is 2.09. The maximum atomic E-state index is 5.17. The molecule has 2 rings (SSSR count). The zero-order valence-corrected chi connectivity index (χ0v) is 9.47. The Morgan fingerprint density at radius 1 is 1.19 bits per heavy atom. The van der Waals surface area contributed by atoms with Gasteiger partial charge in [0.15, 0.2) is 5.82 Å². The van der Waals surface area contributed by atoms with Crippen molar-refractivity contribution in [3.63, 3.8) is 0 Å². The van der Waals surface area contributed by atoms with Crippen molar-refractivity contribution in [1.29, 1.82) is 0 Å². The molecule has 82 valence electrons. The molecule has 1 aromatic carbocycles. The van der Waals surface area contributed by atoms with Gasteiger partial charge in [0.1, 0.15) is 5.75 Å². The fraction of sp³-hybridized carbons (Fsp3) is 0.231. The third kappa shape index (κ3) is 2.19. The van der Waals surface area contributed by atoms with Crippen LogP contribution >= 0.6 is 0 Å². The molecule has 0 aliphatic heterocycles. The molecule has 1 heterocycles. The Hall–Kier alpha value is -1.90. The lowest BCUT2D eigenvalue weighted by Gasteiger charge is -2.03. The standard InChI is InChI=1S/C13H14N2O/c1-3-10-8-14-13(15-9-10)11-5-4-6-12(7-11)16-2/h4-9H,3H2,1-2H3. The third-order valence-corrected chi connectivity index (χ3v) is 2.44. The van der Waals surface area contributed by atoms with E-state index in [4.69, 9.17) is 4.74 Å². The van der Waals surface area contributed by atoms with Crippen molar-refractivity contribution < 1.29 is 4.74 Å². The van der Waals surface area contributed by atoms with Crippen LogP contribution in [0.25, 0.3) is 11.4 Å². The molecule has 1 aromatic heterocycles. The van der Waals surface area contributed by atoms with Crippen LogP contribution in [0.4, 0.5) is 0 Å². The highest BCUT2D eigenvalue weighted by Crippen LogP contribution is 2.20. The van der Waals surface area contributed by atoms with Gasteiger partial charge in [0.05, 0.1) is 7.11 Å². The number of ether oxygens (including phenoxy) is 1. The highest BCUT2D eigenvalue weighted by molar-refractivity contribution is 5.57. The summed E-state index contributed by atoms with van der Waals surface area (Å²) in [6, 6.07) is 7.75. The van der Waals surface area contributed by atoms with E-state index in [0.717, 1.165) is 29.1 Å². The average molecular weight is 214 g/mol. The van der Waals surface area contributed by atoms with Crippen LogP contribution in [0.15, 0.2) is 36.7 Å². The molecule has 16 heavy (non-hydrogen) atoms. The predicted molar refractivity (Wildman–Crippen MR) is 63.4 cm³/mol. The first-order valence-electron chi connectivity index (χ1n) is 5.29. The van der Waals surface area contributed by atoms with Crippen molar-refractivity contribution in [3.05, 3.63) is 42.2 Å². The highest BCUT2D eigenvalue weighted by atomic mass is 16.5. The van der Waals surface area contributed by atoms with E-state index in [1.54, 1.807) is 7.11 Å². The van der Waals surface area contributed by atoms with Crippen LogP contribution in [0.5, 0.6) is 5.75 Å². The molecule has 0 fully saturated rings. The second kappa shape index (κ2) is 4.75. The molecule has 0 radical (unpaired) electrons. The SMILES string of the molecule is CCc1cnc(-c2cccc(OC)c2)nc1. The van der Waals surface area contributed by atoms with E-state index in [1.807, 2.05) is 36.7 Å². The molecule has 0 spiro atoms. The Morgan fingerprint density at radius 2 is 1.94 bits per heavy atom. The van der Waals surface area contributed by atoms with Gasteiger partial charge in [0.2, 0.25) is 0 Å². The normalized spacial score (nSPS) is 10.1. The fourth-order valence-corrected chi connectivity index (χ4v) is 1.45. The summed E-state index contributed by atoms with van der Waals surface area (Å²) in [4.78, 5) is 8.66. The van der Waals surface area contributed by atoms with E-state index in [1.165, 1.54) is 0 Å². The minimum atomic E-state index is 0.733. The quantitative estimate of drug-likeness (QED) is 0.788. The Morgan fingerprint density at radius 3 is 2.56 bits per heavy atom. The zero-order chi connectivity index (χ0) is 11.4. The van der Waals surface area contributed by atoms with Gasteiger partial charge in [-0.1, -0.05) is 19.1 Å². The molecular formula is C13H14N2O. The second-order valence-electron chi connectivity index (χ2n) is 3.50. The van der Waals surface area contributed by atoms with Gasteiger partial charge < -0.3 is 4.74 Å². The topological polar surface area (TPSA) is 35.0 Å². The molecule has 0 unspecified atom stereocenters. The van der Waals surface area contributed by atoms with Crippen LogP contribution in [0.2, 0.25) is 0 Å². The Kier molecular flexibility index (Phi) is 3.15. The van der Waals surface area contributed by atoms with Gasteiger partial charge in [-0.05, 0) is 24.1 Å². The van der Waals surface area contributed by atoms with Gasteiger partial charge in [-0.2, -0.15) is 0 Å². The molecule has 0 aliphatic rings. The number of aromatic nitrogens is 2. The van der Waals surface area contributed by atoms with Crippen LogP contribution in [-0.2, 0) is 6.42 Å². The molecule has 2 aromatic rings. The summed E-state index contributed by atoms with van der Waals surface area (Å²) >= 11 is 0. The lowest BCUT2D eigenvalue weighted by molar-refractivity contribution is 0.415. The van der Waals surface area contributed by atoms with Gasteiger partial charge in [0, 0.05) is 18.0 Å². The van der Waals surface area contributed by atoms with Crippen LogP contribution in [0, 0.1) is 0 Å². The number of methoxy groups -OCH3 is 1. The minimum absolute atomic E-state index is 0.733. The van der Waals surface area contributed by atoms with Crippen molar-refractivity contribution in [2.75, 3.05) is 7.11 Å². The molecule has 0 aliphatic carbocycles. The van der Waals surface area contributed by atoms with Gasteiger partial charge in [-0.15, -0.1) is 0 Å². The van der Waals surface area contributed by atoms with E-state index in [-0.39, 0.29) is 0 Å². The first kappa shape index (κ1) is 10.6. The van der Waals surface area contributed by atoms with Gasteiger partial charge >= 0.3 is 0 Å². The van der Waals surface area contributed by atoms with Crippen molar-refractivity contribution in [1.82, 2.24) is 9.97 Å². The zero-order valence-electron chi connectivity index (χ0n) is 9.47. The molecule has 0 amide bonds. The molecule has 0 saturated carbocycles. The first-order chi connectivity index (χ1) is 7.83. The Bertz CT molecular complexity index is 466. The molecule has 0 bridgehead atoms. The van der Waals surface area contributed by atoms with Crippen LogP contribution in [0.3, 0.4) is 0 Å². The fourth-order valence-electron chi connectivity index (χ4n) is 1.45. The summed E-state index contributed by atoms with van der Waals surface area (Å²) in [5.41, 5.74) is 2.12. The molecular weight excluding hydrogens is 200 g/mol. The molecule has 0 N–H and O–H groups in total. The lowest BCUT2D eigenvalue weighted by Crippen LogP contribution is -1.91. The van der Waals surface area contributed by atoms with E-state index >= 15 is 0 Å². The molecule has 3 heteroatoms. The van der Waals surface area contributed by atoms with Crippen LogP contribution in [-0.4, -0.2) is 17.1 Å². The Balaban J connectivity index is 2.34. The summed E-state index contributed by atoms with van der Waals surface area (Å²) in [6.07, 6.45) is 4.68. The van der Waals surface area contributed by atoms with Crippen molar-refractivity contribution >= 4 is 0 Å². The number of hydrogen-bond donors (Lipinski definition) is 0. The maximum Gasteiger partial charge on any atom is 0.159 e. The van der Waals surface area contributed by atoms with Crippen molar-refractivity contribution in [2.24, 2.45) is 0 Å². The van der Waals surface area contributed by atoms with Gasteiger partial charge in [0.25, 0.3) is 0 Å². The number of rotatable bonds is 3. The van der Waals surface area contributed by atoms with Gasteiger partial charge in [-0.3, -0.25) is 0 Å². The molecule has 0 atom stereocenters. The smallest absolute Gasteiger partial charge is 0.159 e. The molecule has 3 nitrogen and oxygen atoms in total. The number of aryl methyl sites for hydroxylation is 1. The first-order valence-corrected chi connectivity index (χ1v) is 5.29. The second-order valence-corrected chi connectivity index (χ2v) is 3.50. The summed E-state index contributed by atoms with van der Waals surface area (Å²) < 4.78 is 5.17. The van der Waals surface area contributed by atoms with Gasteiger partial charge in [-0.25, -0.2) is 9.97 Å². The number of benzene rings is 1. The number of nitrogens with zero attached hydrogens (tertiary/aromatic N) is 2. The average Bonchev–Trinajstić information content (AvgIpc) is 2.39. The molecule has 0 saturated heterocycles. The third-order valence-electron chi connectivity index (χ3n) is 2.44. The van der Waals surface area contributed by atoms with Crippen LogP contribution in [0.1, 0.15) is 12.5 Å². The monoisotopic (exact) mass is 214 g/mol. The maximum absolute atomic E-state index is 5.17. The van der Waals surface area contributed by atoms with E-state index < -0.39 is 0 Å². The van der Waals surface area contributed by atoms with Crippen molar-refractivity contribution in [3.8, 4) is 17.1 Å². The Labute approximate surface area is 95.1 Å². The summed E-state index contributed by atoms with van der Waals surface area (Å²) in [5, 5.41) is 0. The minimum Gasteiger partial charge on any atom is -0.497 e. The van der Waals surface area contributed by atoms with Crippen molar-refractivity contribution in [2.45, 2.75) is 13.3 Å². The highest BCUT2D eigenvalue weighted by Gasteiger charge is 2.02. The van der Waals surface area contributed by atoms with E-state index in [0.29, 0.717) is 0 Å². The predicted octanol–water partition coefficient (Wildman–Crippen LogP) is 2.71. The van der Waals surface area contributed by atoms with E-state index in [2.05, 4.69) is 16.9 Å². The number of hydrogen-bond acceptors (Lipinski definition) is 3. The summed E-state index contributed by atoms with van der Waals surface area (Å²) in [7, 11) is 1.65. The lowest BCUT2D eigenvalue weighted by atomic mass is 10.2. The van der Waals surface area contributed by atoms with Crippen LogP contribution < -0.4 is 4.74 Å². The summed E-state index contributed by atoms with van der Waals surface area (Å²) in [5.74, 6) is 1.55. The largest absolute Gasteiger partial charge is 0.497 e.